The average Bonchev–Trinajstić information content (AvgIpc) is 2.72. The Kier molecular flexibility index (Phi) is 5.82. The van der Waals surface area contributed by atoms with Crippen molar-refractivity contribution >= 4 is 11.6 Å². The summed E-state index contributed by atoms with van der Waals surface area (Å²) in [7, 11) is 0. The van der Waals surface area contributed by atoms with Gasteiger partial charge in [-0.05, 0) is 76.8 Å². The molecule has 0 radical (unpaired) electrons. The zero-order chi connectivity index (χ0) is 19.5. The molecule has 4 rings (SSSR count). The van der Waals surface area contributed by atoms with Crippen molar-refractivity contribution in [3.05, 3.63) is 82.1 Å². The third-order valence-corrected chi connectivity index (χ3v) is 6.11. The minimum Gasteiger partial charge on any atom is -0.205 e. The van der Waals surface area contributed by atoms with Crippen LogP contribution < -0.4 is 0 Å². The molecule has 3 aromatic rings. The van der Waals surface area contributed by atoms with E-state index in [-0.39, 0.29) is 10.8 Å². The van der Waals surface area contributed by atoms with Crippen molar-refractivity contribution in [1.29, 1.82) is 0 Å². The number of halogens is 2. The number of rotatable bonds is 6. The van der Waals surface area contributed by atoms with E-state index in [4.69, 9.17) is 11.6 Å². The minimum atomic E-state index is -0.367. The topological polar surface area (TPSA) is 0 Å². The van der Waals surface area contributed by atoms with Crippen LogP contribution in [0.15, 0.2) is 54.6 Å². The molecule has 0 nitrogen and oxygen atoms in total. The molecule has 1 aliphatic carbocycles. The fraction of sp³-hybridized carbons (Fsp3) is 0.308. The Hall–Kier alpha value is -2.12. The lowest BCUT2D eigenvalue weighted by molar-refractivity contribution is 0.629. The van der Waals surface area contributed by atoms with E-state index in [1.807, 2.05) is 6.07 Å². The largest absolute Gasteiger partial charge is 0.205 e. The molecule has 0 aromatic heterocycles. The highest BCUT2D eigenvalue weighted by Crippen LogP contribution is 2.37. The summed E-state index contributed by atoms with van der Waals surface area (Å²) < 4.78 is 13.8. The molecule has 28 heavy (non-hydrogen) atoms. The van der Waals surface area contributed by atoms with E-state index in [1.54, 1.807) is 6.07 Å². The van der Waals surface area contributed by atoms with Crippen molar-refractivity contribution in [1.82, 2.24) is 0 Å². The molecule has 0 fully saturated rings. The van der Waals surface area contributed by atoms with Gasteiger partial charge < -0.3 is 0 Å². The lowest BCUT2D eigenvalue weighted by Crippen LogP contribution is -2.05. The van der Waals surface area contributed by atoms with Crippen molar-refractivity contribution < 1.29 is 4.39 Å². The SMILES string of the molecule is CCCCCCc1ccc2c(c1)CCc1cc(-c3ccc(Cl)c(F)c3)ccc1-2. The van der Waals surface area contributed by atoms with Gasteiger partial charge in [0.25, 0.3) is 0 Å². The number of hydrogen-bond acceptors (Lipinski definition) is 0. The first-order chi connectivity index (χ1) is 13.7. The summed E-state index contributed by atoms with van der Waals surface area (Å²) in [5, 5.41) is 0.168. The van der Waals surface area contributed by atoms with Crippen LogP contribution in [-0.4, -0.2) is 0 Å². The van der Waals surface area contributed by atoms with Crippen LogP contribution in [0.5, 0.6) is 0 Å². The number of unbranched alkanes of at least 4 members (excludes halogenated alkanes) is 3. The molecule has 0 N–H and O–H groups in total. The molecule has 2 heteroatoms. The van der Waals surface area contributed by atoms with Crippen LogP contribution in [0, 0.1) is 5.82 Å². The fourth-order valence-corrected chi connectivity index (χ4v) is 4.33. The van der Waals surface area contributed by atoms with Crippen molar-refractivity contribution in [2.24, 2.45) is 0 Å². The minimum absolute atomic E-state index is 0.168. The Morgan fingerprint density at radius 2 is 1.46 bits per heavy atom. The lowest BCUT2D eigenvalue weighted by atomic mass is 9.83. The molecule has 1 aliphatic rings. The van der Waals surface area contributed by atoms with Gasteiger partial charge in [0.1, 0.15) is 5.82 Å². The second-order valence-corrected chi connectivity index (χ2v) is 8.21. The van der Waals surface area contributed by atoms with Crippen molar-refractivity contribution in [3.8, 4) is 22.3 Å². The summed E-state index contributed by atoms with van der Waals surface area (Å²) in [5.41, 5.74) is 8.86. The Labute approximate surface area is 172 Å². The lowest BCUT2D eigenvalue weighted by Gasteiger charge is -2.22. The van der Waals surface area contributed by atoms with Crippen LogP contribution in [0.3, 0.4) is 0 Å². The Morgan fingerprint density at radius 3 is 2.21 bits per heavy atom. The summed E-state index contributed by atoms with van der Waals surface area (Å²) in [5.74, 6) is -0.367. The third-order valence-electron chi connectivity index (χ3n) is 5.80. The van der Waals surface area contributed by atoms with Gasteiger partial charge in [-0.15, -0.1) is 0 Å². The molecule has 0 bridgehead atoms. The maximum absolute atomic E-state index is 13.8. The van der Waals surface area contributed by atoms with Crippen molar-refractivity contribution in [2.45, 2.75) is 51.9 Å². The highest BCUT2D eigenvalue weighted by atomic mass is 35.5. The van der Waals surface area contributed by atoms with Crippen LogP contribution in [0.2, 0.25) is 5.02 Å². The summed E-state index contributed by atoms with van der Waals surface area (Å²) >= 11 is 5.82. The average molecular weight is 393 g/mol. The van der Waals surface area contributed by atoms with E-state index in [0.717, 1.165) is 24.0 Å². The van der Waals surface area contributed by atoms with Crippen LogP contribution in [0.25, 0.3) is 22.3 Å². The van der Waals surface area contributed by atoms with E-state index < -0.39 is 0 Å². The maximum Gasteiger partial charge on any atom is 0.142 e. The fourth-order valence-electron chi connectivity index (χ4n) is 4.22. The van der Waals surface area contributed by atoms with Gasteiger partial charge >= 0.3 is 0 Å². The molecule has 0 amide bonds. The van der Waals surface area contributed by atoms with Gasteiger partial charge in [-0.25, -0.2) is 4.39 Å². The zero-order valence-electron chi connectivity index (χ0n) is 16.4. The third kappa shape index (κ3) is 4.00. The van der Waals surface area contributed by atoms with Crippen LogP contribution in [0.1, 0.15) is 49.3 Å². The van der Waals surface area contributed by atoms with Gasteiger partial charge in [-0.2, -0.15) is 0 Å². The first-order valence-corrected chi connectivity index (χ1v) is 10.7. The molecular weight excluding hydrogens is 367 g/mol. The van der Waals surface area contributed by atoms with Gasteiger partial charge in [0.05, 0.1) is 5.02 Å². The van der Waals surface area contributed by atoms with Crippen LogP contribution in [-0.2, 0) is 19.3 Å². The molecule has 0 heterocycles. The summed E-state index contributed by atoms with van der Waals surface area (Å²) in [6, 6.07) is 18.5. The summed E-state index contributed by atoms with van der Waals surface area (Å²) in [6.45, 7) is 2.26. The van der Waals surface area contributed by atoms with Crippen molar-refractivity contribution in [2.75, 3.05) is 0 Å². The van der Waals surface area contributed by atoms with Crippen LogP contribution in [0.4, 0.5) is 4.39 Å². The highest BCUT2D eigenvalue weighted by molar-refractivity contribution is 6.30. The number of aryl methyl sites for hydroxylation is 3. The molecule has 144 valence electrons. The molecule has 0 spiro atoms. The van der Waals surface area contributed by atoms with E-state index in [9.17, 15) is 4.39 Å². The standard InChI is InChI=1S/C26H26ClF/c1-2-3-4-5-6-18-7-12-23-21(15-18)8-9-22-16-19(10-13-24(22)23)20-11-14-25(27)26(28)17-20/h7,10-17H,2-6,8-9H2,1H3. The monoisotopic (exact) mass is 392 g/mol. The zero-order valence-corrected chi connectivity index (χ0v) is 17.2. The Bertz CT molecular complexity index is 990. The quantitative estimate of drug-likeness (QED) is 0.372. The predicted molar refractivity (Wildman–Crippen MR) is 118 cm³/mol. The first-order valence-electron chi connectivity index (χ1n) is 10.4. The van der Waals surface area contributed by atoms with Gasteiger partial charge in [0.15, 0.2) is 0 Å². The smallest absolute Gasteiger partial charge is 0.142 e. The number of hydrogen-bond donors (Lipinski definition) is 0. The summed E-state index contributed by atoms with van der Waals surface area (Å²) in [4.78, 5) is 0. The van der Waals surface area contributed by atoms with Gasteiger partial charge in [0.2, 0.25) is 0 Å². The van der Waals surface area contributed by atoms with Gasteiger partial charge in [-0.3, -0.25) is 0 Å². The normalized spacial score (nSPS) is 12.5. The second-order valence-electron chi connectivity index (χ2n) is 7.80. The number of fused-ring (bicyclic) bond motifs is 3. The molecule has 0 saturated heterocycles. The molecule has 0 unspecified atom stereocenters. The Balaban J connectivity index is 1.58. The first kappa shape index (κ1) is 19.2. The second kappa shape index (κ2) is 8.49. The molecule has 0 atom stereocenters. The highest BCUT2D eigenvalue weighted by Gasteiger charge is 2.17. The van der Waals surface area contributed by atoms with Crippen LogP contribution >= 0.6 is 11.6 Å². The van der Waals surface area contributed by atoms with E-state index in [1.165, 1.54) is 66.0 Å². The molecular formula is C26H26ClF. The molecule has 0 saturated carbocycles. The van der Waals surface area contributed by atoms with Gasteiger partial charge in [0, 0.05) is 0 Å². The van der Waals surface area contributed by atoms with E-state index in [2.05, 4.69) is 43.3 Å². The van der Waals surface area contributed by atoms with Crippen molar-refractivity contribution in [3.63, 3.8) is 0 Å². The maximum atomic E-state index is 13.8. The van der Waals surface area contributed by atoms with Gasteiger partial charge in [-0.1, -0.05) is 80.3 Å². The molecule has 3 aromatic carbocycles. The number of benzene rings is 3. The summed E-state index contributed by atoms with van der Waals surface area (Å²) in [6.07, 6.45) is 8.51. The van der Waals surface area contributed by atoms with E-state index in [0.29, 0.717) is 0 Å². The predicted octanol–water partition coefficient (Wildman–Crippen LogP) is 8.03. The molecule has 0 aliphatic heterocycles. The Morgan fingerprint density at radius 1 is 0.786 bits per heavy atom. The van der Waals surface area contributed by atoms with E-state index >= 15 is 0 Å².